The van der Waals surface area contributed by atoms with Crippen LogP contribution in [-0.4, -0.2) is 11.1 Å². The molecule has 0 saturated carbocycles. The van der Waals surface area contributed by atoms with Gasteiger partial charge in [0, 0.05) is 11.6 Å². The Morgan fingerprint density at radius 2 is 2.29 bits per heavy atom. The average molecular weight is 252 g/mol. The summed E-state index contributed by atoms with van der Waals surface area (Å²) in [5.74, 6) is 0.338. The van der Waals surface area contributed by atoms with E-state index in [1.165, 1.54) is 12.3 Å². The fraction of sp³-hybridized carbons (Fsp3) is 0.0909. The Labute approximate surface area is 103 Å². The molecule has 17 heavy (non-hydrogen) atoms. The minimum absolute atomic E-state index is 0.246. The fourth-order valence-electron chi connectivity index (χ4n) is 1.29. The molecule has 0 unspecified atom stereocenters. The van der Waals surface area contributed by atoms with Crippen LogP contribution in [0.25, 0.3) is 0 Å². The van der Waals surface area contributed by atoms with E-state index >= 15 is 0 Å². The molecule has 88 valence electrons. The largest absolute Gasteiger partial charge is 0.398 e. The number of nitrogens with one attached hydrogen (secondary N) is 1. The number of carbonyl (C=O) groups is 1. The second-order valence-corrected chi connectivity index (χ2v) is 3.80. The second kappa shape index (κ2) is 4.88. The van der Waals surface area contributed by atoms with Gasteiger partial charge in [-0.2, -0.15) is 0 Å². The van der Waals surface area contributed by atoms with Crippen molar-refractivity contribution in [3.05, 3.63) is 46.8 Å². The van der Waals surface area contributed by atoms with Crippen molar-refractivity contribution in [3.8, 4) is 0 Å². The summed E-state index contributed by atoms with van der Waals surface area (Å²) in [7, 11) is 0. The van der Waals surface area contributed by atoms with Gasteiger partial charge in [-0.25, -0.2) is 0 Å². The molecule has 5 nitrogen and oxygen atoms in total. The van der Waals surface area contributed by atoms with Crippen molar-refractivity contribution in [1.29, 1.82) is 0 Å². The minimum atomic E-state index is -0.246. The molecule has 0 fully saturated rings. The number of hydrogen-bond donors (Lipinski definition) is 2. The van der Waals surface area contributed by atoms with E-state index in [1.54, 1.807) is 18.2 Å². The fourth-order valence-corrected chi connectivity index (χ4v) is 1.41. The van der Waals surface area contributed by atoms with Gasteiger partial charge >= 0.3 is 0 Å². The Hall–Kier alpha value is -2.01. The zero-order chi connectivity index (χ0) is 12.3. The molecule has 1 aromatic heterocycles. The molecule has 0 bridgehead atoms. The summed E-state index contributed by atoms with van der Waals surface area (Å²) in [5, 5.41) is 6.64. The van der Waals surface area contributed by atoms with Crippen LogP contribution in [0, 0.1) is 0 Å². The van der Waals surface area contributed by atoms with E-state index in [2.05, 4.69) is 10.5 Å². The molecule has 2 aromatic rings. The van der Waals surface area contributed by atoms with E-state index in [0.29, 0.717) is 22.0 Å². The van der Waals surface area contributed by atoms with Gasteiger partial charge in [0.05, 0.1) is 23.5 Å². The topological polar surface area (TPSA) is 81.2 Å². The third kappa shape index (κ3) is 2.76. The normalized spacial score (nSPS) is 10.2. The van der Waals surface area contributed by atoms with Gasteiger partial charge in [-0.05, 0) is 18.2 Å². The van der Waals surface area contributed by atoms with Gasteiger partial charge in [-0.15, -0.1) is 0 Å². The summed E-state index contributed by atoms with van der Waals surface area (Å²) in [4.78, 5) is 11.7. The van der Waals surface area contributed by atoms with Gasteiger partial charge in [0.15, 0.2) is 5.76 Å². The number of rotatable bonds is 3. The van der Waals surface area contributed by atoms with Crippen LogP contribution in [0.1, 0.15) is 16.1 Å². The maximum atomic E-state index is 11.7. The molecular weight excluding hydrogens is 242 g/mol. The van der Waals surface area contributed by atoms with Crippen LogP contribution in [-0.2, 0) is 6.54 Å². The second-order valence-electron chi connectivity index (χ2n) is 3.40. The number of benzene rings is 1. The molecule has 0 atom stereocenters. The highest BCUT2D eigenvalue weighted by Crippen LogP contribution is 2.19. The summed E-state index contributed by atoms with van der Waals surface area (Å²) >= 11 is 5.76. The Morgan fingerprint density at radius 1 is 1.47 bits per heavy atom. The van der Waals surface area contributed by atoms with Crippen molar-refractivity contribution >= 4 is 23.2 Å². The summed E-state index contributed by atoms with van der Waals surface area (Å²) < 4.78 is 4.85. The SMILES string of the molecule is Nc1cc(C(=O)NCc2ccno2)ccc1Cl. The minimum Gasteiger partial charge on any atom is -0.398 e. The molecule has 1 heterocycles. The highest BCUT2D eigenvalue weighted by Gasteiger charge is 2.08. The van der Waals surface area contributed by atoms with Gasteiger partial charge in [0.1, 0.15) is 0 Å². The van der Waals surface area contributed by atoms with Crippen molar-refractivity contribution in [1.82, 2.24) is 10.5 Å². The molecule has 1 amide bonds. The lowest BCUT2D eigenvalue weighted by Gasteiger charge is -2.04. The summed E-state index contributed by atoms with van der Waals surface area (Å²) in [5.41, 5.74) is 6.43. The monoisotopic (exact) mass is 251 g/mol. The van der Waals surface area contributed by atoms with Crippen LogP contribution < -0.4 is 11.1 Å². The lowest BCUT2D eigenvalue weighted by Crippen LogP contribution is -2.22. The van der Waals surface area contributed by atoms with Crippen molar-refractivity contribution in [2.24, 2.45) is 0 Å². The van der Waals surface area contributed by atoms with E-state index in [0.717, 1.165) is 0 Å². The Bertz CT molecular complexity index is 526. The van der Waals surface area contributed by atoms with Crippen LogP contribution >= 0.6 is 11.6 Å². The summed E-state index contributed by atoms with van der Waals surface area (Å²) in [6, 6.07) is 6.39. The number of anilines is 1. The van der Waals surface area contributed by atoms with Crippen LogP contribution in [0.2, 0.25) is 5.02 Å². The van der Waals surface area contributed by atoms with Crippen molar-refractivity contribution in [2.45, 2.75) is 6.54 Å². The lowest BCUT2D eigenvalue weighted by atomic mass is 10.2. The molecule has 2 rings (SSSR count). The van der Waals surface area contributed by atoms with Crippen LogP contribution in [0.4, 0.5) is 5.69 Å². The maximum Gasteiger partial charge on any atom is 0.251 e. The molecular formula is C11H10ClN3O2. The Kier molecular flexibility index (Phi) is 3.30. The average Bonchev–Trinajstić information content (AvgIpc) is 2.82. The lowest BCUT2D eigenvalue weighted by molar-refractivity contribution is 0.0947. The maximum absolute atomic E-state index is 11.7. The predicted octanol–water partition coefficient (Wildman–Crippen LogP) is 1.84. The van der Waals surface area contributed by atoms with Crippen molar-refractivity contribution in [2.75, 3.05) is 5.73 Å². The van der Waals surface area contributed by atoms with Crippen LogP contribution in [0.5, 0.6) is 0 Å². The van der Waals surface area contributed by atoms with Gasteiger partial charge in [0.25, 0.3) is 5.91 Å². The predicted molar refractivity (Wildman–Crippen MR) is 63.5 cm³/mol. The number of carbonyl (C=O) groups excluding carboxylic acids is 1. The third-order valence-electron chi connectivity index (χ3n) is 2.17. The Morgan fingerprint density at radius 3 is 2.94 bits per heavy atom. The first-order valence-electron chi connectivity index (χ1n) is 4.89. The molecule has 3 N–H and O–H groups in total. The molecule has 1 aromatic carbocycles. The molecule has 0 spiro atoms. The van der Waals surface area contributed by atoms with E-state index in [1.807, 2.05) is 0 Å². The number of hydrogen-bond acceptors (Lipinski definition) is 4. The van der Waals surface area contributed by atoms with Crippen LogP contribution in [0.15, 0.2) is 35.0 Å². The quantitative estimate of drug-likeness (QED) is 0.816. The molecule has 0 radical (unpaired) electrons. The first-order chi connectivity index (χ1) is 8.16. The van der Waals surface area contributed by atoms with E-state index in [9.17, 15) is 4.79 Å². The van der Waals surface area contributed by atoms with Gasteiger partial charge < -0.3 is 15.6 Å². The van der Waals surface area contributed by atoms with Gasteiger partial charge in [0.2, 0.25) is 0 Å². The standard InChI is InChI=1S/C11H10ClN3O2/c12-9-2-1-7(5-10(9)13)11(16)14-6-8-3-4-15-17-8/h1-5H,6,13H2,(H,14,16). The first kappa shape index (κ1) is 11.5. The van der Waals surface area contributed by atoms with E-state index in [-0.39, 0.29) is 12.5 Å². The number of amides is 1. The molecule has 6 heteroatoms. The Balaban J connectivity index is 2.02. The van der Waals surface area contributed by atoms with Crippen molar-refractivity contribution < 1.29 is 9.32 Å². The summed E-state index contributed by atoms with van der Waals surface area (Å²) in [6.07, 6.45) is 1.52. The number of nitrogens with zero attached hydrogens (tertiary/aromatic N) is 1. The third-order valence-corrected chi connectivity index (χ3v) is 2.52. The zero-order valence-electron chi connectivity index (χ0n) is 8.81. The number of halogens is 1. The smallest absolute Gasteiger partial charge is 0.251 e. The molecule has 0 aliphatic heterocycles. The van der Waals surface area contributed by atoms with Crippen LogP contribution in [0.3, 0.4) is 0 Å². The number of nitrogen functional groups attached to an aromatic ring is 1. The molecule has 0 aliphatic rings. The number of nitrogens with two attached hydrogens (primary N) is 1. The highest BCUT2D eigenvalue weighted by atomic mass is 35.5. The molecule has 0 aliphatic carbocycles. The van der Waals surface area contributed by atoms with E-state index < -0.39 is 0 Å². The zero-order valence-corrected chi connectivity index (χ0v) is 9.57. The van der Waals surface area contributed by atoms with E-state index in [4.69, 9.17) is 21.9 Å². The number of aromatic nitrogens is 1. The van der Waals surface area contributed by atoms with Gasteiger partial charge in [-0.1, -0.05) is 16.8 Å². The molecule has 0 saturated heterocycles. The first-order valence-corrected chi connectivity index (χ1v) is 5.27. The van der Waals surface area contributed by atoms with Crippen molar-refractivity contribution in [3.63, 3.8) is 0 Å². The van der Waals surface area contributed by atoms with Gasteiger partial charge in [-0.3, -0.25) is 4.79 Å². The summed E-state index contributed by atoms with van der Waals surface area (Å²) in [6.45, 7) is 0.279. The highest BCUT2D eigenvalue weighted by molar-refractivity contribution is 6.33.